The van der Waals surface area contributed by atoms with Crippen molar-refractivity contribution in [1.29, 1.82) is 0 Å². The van der Waals surface area contributed by atoms with Gasteiger partial charge in [0.15, 0.2) is 0 Å². The van der Waals surface area contributed by atoms with Crippen LogP contribution in [0, 0.1) is 0 Å². The van der Waals surface area contributed by atoms with E-state index in [1.807, 2.05) is 35.2 Å². The number of fused-ring (bicyclic) bond motifs is 1. The topological polar surface area (TPSA) is 77.7 Å². The van der Waals surface area contributed by atoms with Crippen molar-refractivity contribution >= 4 is 16.9 Å². The number of para-hydroxylation sites is 2. The van der Waals surface area contributed by atoms with Crippen LogP contribution < -0.4 is 0 Å². The number of hydrogen-bond donors (Lipinski definition) is 2. The van der Waals surface area contributed by atoms with Crippen LogP contribution >= 0.6 is 0 Å². The van der Waals surface area contributed by atoms with Crippen molar-refractivity contribution in [1.82, 2.24) is 25.1 Å². The second-order valence-electron chi connectivity index (χ2n) is 7.71. The van der Waals surface area contributed by atoms with Crippen LogP contribution in [0.2, 0.25) is 0 Å². The molecule has 0 bridgehead atoms. The molecule has 0 aliphatic carbocycles. The first kappa shape index (κ1) is 15.9. The van der Waals surface area contributed by atoms with E-state index in [1.54, 1.807) is 0 Å². The van der Waals surface area contributed by atoms with Crippen LogP contribution in [0.3, 0.4) is 0 Å². The molecular formula is C19H23N5O. The lowest BCUT2D eigenvalue weighted by atomic mass is 9.92. The molecule has 2 N–H and O–H groups in total. The first-order valence-corrected chi connectivity index (χ1v) is 8.75. The fourth-order valence-electron chi connectivity index (χ4n) is 3.39. The summed E-state index contributed by atoms with van der Waals surface area (Å²) >= 11 is 0. The van der Waals surface area contributed by atoms with Gasteiger partial charge in [-0.05, 0) is 31.0 Å². The minimum Gasteiger partial charge on any atom is -0.340 e. The van der Waals surface area contributed by atoms with Gasteiger partial charge in [-0.2, -0.15) is 5.10 Å². The predicted octanol–water partition coefficient (Wildman–Crippen LogP) is 3.56. The first-order chi connectivity index (χ1) is 11.9. The van der Waals surface area contributed by atoms with Crippen LogP contribution in [0.1, 0.15) is 61.7 Å². The molecule has 0 radical (unpaired) electrons. The number of nitrogens with zero attached hydrogens (tertiary/aromatic N) is 3. The summed E-state index contributed by atoms with van der Waals surface area (Å²) in [5.74, 6) is 0.827. The van der Waals surface area contributed by atoms with Crippen LogP contribution in [0.5, 0.6) is 0 Å². The summed E-state index contributed by atoms with van der Waals surface area (Å²) in [5.41, 5.74) is 3.33. The molecule has 4 rings (SSSR count). The Morgan fingerprint density at radius 2 is 2.08 bits per heavy atom. The molecule has 130 valence electrons. The smallest absolute Gasteiger partial charge is 0.274 e. The summed E-state index contributed by atoms with van der Waals surface area (Å²) in [7, 11) is 0. The highest BCUT2D eigenvalue weighted by Gasteiger charge is 2.34. The van der Waals surface area contributed by atoms with Gasteiger partial charge in [0.25, 0.3) is 5.91 Å². The van der Waals surface area contributed by atoms with Gasteiger partial charge in [0.2, 0.25) is 0 Å². The second kappa shape index (κ2) is 5.72. The number of hydrogen-bond acceptors (Lipinski definition) is 3. The Morgan fingerprint density at radius 1 is 1.28 bits per heavy atom. The maximum atomic E-state index is 13.0. The third-order valence-corrected chi connectivity index (χ3v) is 4.84. The maximum Gasteiger partial charge on any atom is 0.274 e. The van der Waals surface area contributed by atoms with Crippen molar-refractivity contribution in [3.05, 3.63) is 47.5 Å². The number of aromatic amines is 2. The standard InChI is InChI=1S/C19H23N5O/c1-19(2,3)16-11-14(22-23-16)18(25)24-10-6-9-15(24)17-20-12-7-4-5-8-13(12)21-17/h4-5,7-8,11,15H,6,9-10H2,1-3H3,(H,20,21)(H,22,23)/t15-/m1/s1. The zero-order chi connectivity index (χ0) is 17.6. The molecule has 2 aromatic heterocycles. The van der Waals surface area contributed by atoms with E-state index in [4.69, 9.17) is 0 Å². The van der Waals surface area contributed by atoms with E-state index < -0.39 is 0 Å². The van der Waals surface area contributed by atoms with E-state index in [9.17, 15) is 4.79 Å². The molecular weight excluding hydrogens is 314 g/mol. The van der Waals surface area contributed by atoms with Gasteiger partial charge < -0.3 is 9.88 Å². The van der Waals surface area contributed by atoms with Crippen molar-refractivity contribution in [2.75, 3.05) is 6.54 Å². The summed E-state index contributed by atoms with van der Waals surface area (Å²) in [6.45, 7) is 7.03. The van der Waals surface area contributed by atoms with Crippen LogP contribution in [0.15, 0.2) is 30.3 Å². The lowest BCUT2D eigenvalue weighted by molar-refractivity contribution is 0.0724. The van der Waals surface area contributed by atoms with E-state index >= 15 is 0 Å². The number of H-pyrrole nitrogens is 2. The average Bonchev–Trinajstić information content (AvgIpc) is 3.30. The Morgan fingerprint density at radius 3 is 2.80 bits per heavy atom. The monoisotopic (exact) mass is 337 g/mol. The van der Waals surface area contributed by atoms with Crippen LogP contribution in [0.4, 0.5) is 0 Å². The number of nitrogens with one attached hydrogen (secondary N) is 2. The highest BCUT2D eigenvalue weighted by molar-refractivity contribution is 5.93. The average molecular weight is 337 g/mol. The lowest BCUT2D eigenvalue weighted by Gasteiger charge is -2.22. The normalized spacial score (nSPS) is 18.2. The molecule has 3 heterocycles. The van der Waals surface area contributed by atoms with Gasteiger partial charge in [-0.25, -0.2) is 4.98 Å². The van der Waals surface area contributed by atoms with Gasteiger partial charge in [-0.3, -0.25) is 9.89 Å². The number of likely N-dealkylation sites (tertiary alicyclic amines) is 1. The van der Waals surface area contributed by atoms with Gasteiger partial charge in [0, 0.05) is 17.7 Å². The number of rotatable bonds is 2. The Kier molecular flexibility index (Phi) is 3.63. The molecule has 0 spiro atoms. The number of aromatic nitrogens is 4. The molecule has 25 heavy (non-hydrogen) atoms. The van der Waals surface area contributed by atoms with Crippen molar-refractivity contribution in [3.8, 4) is 0 Å². The molecule has 0 saturated carbocycles. The molecule has 1 atom stereocenters. The highest BCUT2D eigenvalue weighted by atomic mass is 16.2. The Hall–Kier alpha value is -2.63. The van der Waals surface area contributed by atoms with Gasteiger partial charge in [-0.15, -0.1) is 0 Å². The van der Waals surface area contributed by atoms with E-state index in [1.165, 1.54) is 0 Å². The van der Waals surface area contributed by atoms with Crippen molar-refractivity contribution in [2.24, 2.45) is 0 Å². The van der Waals surface area contributed by atoms with Gasteiger partial charge in [0.1, 0.15) is 11.5 Å². The molecule has 3 aromatic rings. The van der Waals surface area contributed by atoms with Crippen molar-refractivity contribution < 1.29 is 4.79 Å². The fraction of sp³-hybridized carbons (Fsp3) is 0.421. The van der Waals surface area contributed by atoms with Crippen LogP contribution in [-0.4, -0.2) is 37.5 Å². The fourth-order valence-corrected chi connectivity index (χ4v) is 3.39. The minimum absolute atomic E-state index is 0.0188. The molecule has 1 amide bonds. The van der Waals surface area contributed by atoms with Gasteiger partial charge >= 0.3 is 0 Å². The van der Waals surface area contributed by atoms with E-state index in [2.05, 4.69) is 40.9 Å². The summed E-state index contributed by atoms with van der Waals surface area (Å²) in [4.78, 5) is 22.9. The molecule has 1 aliphatic heterocycles. The molecule has 1 aromatic carbocycles. The number of carbonyl (C=O) groups is 1. The Bertz CT molecular complexity index is 884. The van der Waals surface area contributed by atoms with Crippen LogP contribution in [-0.2, 0) is 5.41 Å². The van der Waals surface area contributed by atoms with Crippen molar-refractivity contribution in [2.45, 2.75) is 45.1 Å². The Balaban J connectivity index is 1.62. The first-order valence-electron chi connectivity index (χ1n) is 8.75. The SMILES string of the molecule is CC(C)(C)c1cc(C(=O)N2CCC[C@@H]2c2nc3ccccc3[nH]2)n[nH]1. The third kappa shape index (κ3) is 2.81. The summed E-state index contributed by atoms with van der Waals surface area (Å²) in [6, 6.07) is 9.81. The number of carbonyl (C=O) groups excluding carboxylic acids is 1. The quantitative estimate of drug-likeness (QED) is 0.750. The highest BCUT2D eigenvalue weighted by Crippen LogP contribution is 2.33. The van der Waals surface area contributed by atoms with E-state index in [-0.39, 0.29) is 17.4 Å². The maximum absolute atomic E-state index is 13.0. The summed E-state index contributed by atoms with van der Waals surface area (Å²) < 4.78 is 0. The molecule has 1 aliphatic rings. The van der Waals surface area contributed by atoms with Gasteiger partial charge in [0.05, 0.1) is 17.1 Å². The number of amides is 1. The summed E-state index contributed by atoms with van der Waals surface area (Å²) in [5, 5.41) is 7.26. The van der Waals surface area contributed by atoms with E-state index in [0.29, 0.717) is 5.69 Å². The second-order valence-corrected chi connectivity index (χ2v) is 7.71. The molecule has 1 saturated heterocycles. The number of benzene rings is 1. The zero-order valence-electron chi connectivity index (χ0n) is 14.8. The summed E-state index contributed by atoms with van der Waals surface area (Å²) in [6.07, 6.45) is 1.89. The minimum atomic E-state index is -0.0608. The van der Waals surface area contributed by atoms with Crippen LogP contribution in [0.25, 0.3) is 11.0 Å². The largest absolute Gasteiger partial charge is 0.340 e. The van der Waals surface area contributed by atoms with E-state index in [0.717, 1.165) is 41.9 Å². The van der Waals surface area contributed by atoms with Crippen molar-refractivity contribution in [3.63, 3.8) is 0 Å². The molecule has 6 heteroatoms. The zero-order valence-corrected chi connectivity index (χ0v) is 14.8. The number of imidazole rings is 1. The van der Waals surface area contributed by atoms with Gasteiger partial charge in [-0.1, -0.05) is 32.9 Å². The predicted molar refractivity (Wildman–Crippen MR) is 96.4 cm³/mol. The molecule has 0 unspecified atom stereocenters. The third-order valence-electron chi connectivity index (χ3n) is 4.84. The Labute approximate surface area is 146 Å². The molecule has 6 nitrogen and oxygen atoms in total. The molecule has 1 fully saturated rings. The lowest BCUT2D eigenvalue weighted by Crippen LogP contribution is -2.31.